The predicted octanol–water partition coefficient (Wildman–Crippen LogP) is 2.81. The third-order valence-corrected chi connectivity index (χ3v) is 1.98. The van der Waals surface area contributed by atoms with Gasteiger partial charge >= 0.3 is 0 Å². The van der Waals surface area contributed by atoms with E-state index < -0.39 is 0 Å². The van der Waals surface area contributed by atoms with E-state index in [2.05, 4.69) is 38.7 Å². The predicted molar refractivity (Wildman–Crippen MR) is 62.5 cm³/mol. The van der Waals surface area contributed by atoms with Crippen LogP contribution in [0.3, 0.4) is 0 Å². The molecule has 0 N–H and O–H groups in total. The Hall–Kier alpha value is 0.200. The molecule has 2 nitrogen and oxygen atoms in total. The quantitative estimate of drug-likeness (QED) is 0.406. The molecular formula is C9H18O2S2. The average Bonchev–Trinajstić information content (AvgIpc) is 2.10. The normalized spacial score (nSPS) is 12.5. The second kappa shape index (κ2) is 8.78. The van der Waals surface area contributed by atoms with E-state index in [-0.39, 0.29) is 4.38 Å². The first kappa shape index (κ1) is 13.2. The van der Waals surface area contributed by atoms with Gasteiger partial charge in [0.15, 0.2) is 0 Å². The Morgan fingerprint density at radius 1 is 1.38 bits per heavy atom. The lowest BCUT2D eigenvalue weighted by Gasteiger charge is -2.14. The largest absolute Gasteiger partial charge is 0.476 e. The molecule has 0 fully saturated rings. The molecule has 0 spiro atoms. The third-order valence-electron chi connectivity index (χ3n) is 1.73. The van der Waals surface area contributed by atoms with E-state index in [0.717, 1.165) is 19.3 Å². The van der Waals surface area contributed by atoms with Crippen molar-refractivity contribution in [2.24, 2.45) is 0 Å². The Balaban J connectivity index is 3.32. The second-order valence-electron chi connectivity index (χ2n) is 2.80. The Kier molecular flexibility index (Phi) is 8.92. The van der Waals surface area contributed by atoms with E-state index in [1.807, 2.05) is 0 Å². The van der Waals surface area contributed by atoms with E-state index >= 15 is 0 Å². The summed E-state index contributed by atoms with van der Waals surface area (Å²) < 4.78 is 10.8. The molecule has 0 aromatic carbocycles. The van der Waals surface area contributed by atoms with Gasteiger partial charge < -0.3 is 9.47 Å². The summed E-state index contributed by atoms with van der Waals surface area (Å²) in [4.78, 5) is 0. The SMILES string of the molecule is CCCC(CC)OCCOC(=S)S. The topological polar surface area (TPSA) is 18.5 Å². The molecule has 0 amide bonds. The van der Waals surface area contributed by atoms with Crippen LogP contribution in [0.25, 0.3) is 0 Å². The van der Waals surface area contributed by atoms with Crippen LogP contribution >= 0.6 is 24.8 Å². The van der Waals surface area contributed by atoms with Crippen molar-refractivity contribution in [2.75, 3.05) is 13.2 Å². The van der Waals surface area contributed by atoms with Crippen LogP contribution in [0.4, 0.5) is 0 Å². The Bertz CT molecular complexity index is 140. The van der Waals surface area contributed by atoms with Gasteiger partial charge in [-0.15, -0.1) is 0 Å². The van der Waals surface area contributed by atoms with Gasteiger partial charge in [0.05, 0.1) is 12.7 Å². The van der Waals surface area contributed by atoms with Crippen LogP contribution in [0, 0.1) is 0 Å². The molecule has 0 bridgehead atoms. The van der Waals surface area contributed by atoms with E-state index in [1.54, 1.807) is 0 Å². The number of ether oxygens (including phenoxy) is 2. The summed E-state index contributed by atoms with van der Waals surface area (Å²) in [6, 6.07) is 0. The zero-order valence-electron chi connectivity index (χ0n) is 8.28. The van der Waals surface area contributed by atoms with Crippen LogP contribution < -0.4 is 0 Å². The van der Waals surface area contributed by atoms with Crippen LogP contribution in [0.15, 0.2) is 0 Å². The van der Waals surface area contributed by atoms with Gasteiger partial charge in [-0.2, -0.15) is 0 Å². The molecule has 0 aromatic rings. The highest BCUT2D eigenvalue weighted by molar-refractivity contribution is 8.10. The first-order chi connectivity index (χ1) is 6.20. The molecular weight excluding hydrogens is 204 g/mol. The highest BCUT2D eigenvalue weighted by Gasteiger charge is 2.04. The van der Waals surface area contributed by atoms with Crippen molar-refractivity contribution >= 4 is 29.2 Å². The van der Waals surface area contributed by atoms with Crippen molar-refractivity contribution in [3.63, 3.8) is 0 Å². The van der Waals surface area contributed by atoms with Crippen molar-refractivity contribution in [3.8, 4) is 0 Å². The number of rotatable bonds is 7. The van der Waals surface area contributed by atoms with Gasteiger partial charge in [0.2, 0.25) is 4.38 Å². The Morgan fingerprint density at radius 2 is 2.08 bits per heavy atom. The molecule has 1 atom stereocenters. The fourth-order valence-electron chi connectivity index (χ4n) is 1.07. The average molecular weight is 222 g/mol. The highest BCUT2D eigenvalue weighted by atomic mass is 32.1. The standard InChI is InChI=1S/C9H18O2S2/c1-3-5-8(4-2)10-6-7-11-9(12)13/h8H,3-7H2,1-2H3,(H,12,13). The van der Waals surface area contributed by atoms with Crippen LogP contribution in [0.1, 0.15) is 33.1 Å². The molecule has 1 unspecified atom stereocenters. The number of hydrogen-bond donors (Lipinski definition) is 1. The minimum absolute atomic E-state index is 0.284. The first-order valence-corrected chi connectivity index (χ1v) is 5.53. The molecule has 0 aliphatic rings. The molecule has 0 aliphatic heterocycles. The summed E-state index contributed by atoms with van der Waals surface area (Å²) in [5, 5.41) is 0. The molecule has 0 aliphatic carbocycles. The fraction of sp³-hybridized carbons (Fsp3) is 0.889. The lowest BCUT2D eigenvalue weighted by molar-refractivity contribution is 0.0257. The van der Waals surface area contributed by atoms with Gasteiger partial charge in [-0.25, -0.2) is 0 Å². The maximum Gasteiger partial charge on any atom is 0.216 e. The number of thiol groups is 1. The van der Waals surface area contributed by atoms with Crippen LogP contribution in [-0.4, -0.2) is 23.7 Å². The van der Waals surface area contributed by atoms with Crippen molar-refractivity contribution in [2.45, 2.75) is 39.2 Å². The van der Waals surface area contributed by atoms with Crippen molar-refractivity contribution < 1.29 is 9.47 Å². The van der Waals surface area contributed by atoms with Gasteiger partial charge in [-0.05, 0) is 25.1 Å². The smallest absolute Gasteiger partial charge is 0.216 e. The van der Waals surface area contributed by atoms with Crippen molar-refractivity contribution in [1.29, 1.82) is 0 Å². The summed E-state index contributed by atoms with van der Waals surface area (Å²) in [6.45, 7) is 5.39. The Morgan fingerprint density at radius 3 is 2.54 bits per heavy atom. The monoisotopic (exact) mass is 222 g/mol. The van der Waals surface area contributed by atoms with Gasteiger partial charge in [0.1, 0.15) is 6.61 Å². The summed E-state index contributed by atoms with van der Waals surface area (Å²) in [5.41, 5.74) is 0. The number of hydrogen-bond acceptors (Lipinski definition) is 3. The molecule has 0 aromatic heterocycles. The third kappa shape index (κ3) is 8.53. The summed E-state index contributed by atoms with van der Waals surface area (Å²) >= 11 is 8.48. The summed E-state index contributed by atoms with van der Waals surface area (Å²) in [6.07, 6.45) is 3.69. The van der Waals surface area contributed by atoms with E-state index in [4.69, 9.17) is 9.47 Å². The molecule has 78 valence electrons. The fourth-order valence-corrected chi connectivity index (χ4v) is 1.25. The van der Waals surface area contributed by atoms with Gasteiger partial charge in [0, 0.05) is 0 Å². The minimum Gasteiger partial charge on any atom is -0.476 e. The summed E-state index contributed by atoms with van der Waals surface area (Å²) in [5.74, 6) is 0. The molecule has 0 rings (SSSR count). The molecule has 0 saturated carbocycles. The van der Waals surface area contributed by atoms with Crippen LogP contribution in [0.5, 0.6) is 0 Å². The van der Waals surface area contributed by atoms with Gasteiger partial charge in [0.25, 0.3) is 0 Å². The highest BCUT2D eigenvalue weighted by Crippen LogP contribution is 2.05. The molecule has 13 heavy (non-hydrogen) atoms. The second-order valence-corrected chi connectivity index (χ2v) is 3.88. The Labute approximate surface area is 91.4 Å². The van der Waals surface area contributed by atoms with Crippen molar-refractivity contribution in [1.82, 2.24) is 0 Å². The van der Waals surface area contributed by atoms with Gasteiger partial charge in [-0.1, -0.05) is 32.9 Å². The molecule has 0 radical (unpaired) electrons. The first-order valence-electron chi connectivity index (χ1n) is 4.68. The van der Waals surface area contributed by atoms with Crippen LogP contribution in [-0.2, 0) is 9.47 Å². The lowest BCUT2D eigenvalue weighted by atomic mass is 10.2. The molecule has 0 saturated heterocycles. The lowest BCUT2D eigenvalue weighted by Crippen LogP contribution is -2.15. The van der Waals surface area contributed by atoms with Gasteiger partial charge in [-0.3, -0.25) is 0 Å². The maximum absolute atomic E-state index is 5.56. The summed E-state index contributed by atoms with van der Waals surface area (Å²) in [7, 11) is 0. The minimum atomic E-state index is 0.284. The van der Waals surface area contributed by atoms with E-state index in [9.17, 15) is 0 Å². The molecule has 4 heteroatoms. The van der Waals surface area contributed by atoms with E-state index in [0.29, 0.717) is 19.3 Å². The maximum atomic E-state index is 5.56. The number of thiocarbonyl (C=S) groups is 1. The zero-order chi connectivity index (χ0) is 10.1. The van der Waals surface area contributed by atoms with Crippen LogP contribution in [0.2, 0.25) is 0 Å². The molecule has 0 heterocycles. The zero-order valence-corrected chi connectivity index (χ0v) is 10.00. The van der Waals surface area contributed by atoms with E-state index in [1.165, 1.54) is 0 Å². The van der Waals surface area contributed by atoms with Crippen molar-refractivity contribution in [3.05, 3.63) is 0 Å².